The first-order valence-electron chi connectivity index (χ1n) is 6.60. The molecule has 1 aromatic rings. The lowest BCUT2D eigenvalue weighted by Crippen LogP contribution is -2.55. The molecule has 1 unspecified atom stereocenters. The Labute approximate surface area is 112 Å². The molecule has 1 amide bonds. The van der Waals surface area contributed by atoms with Crippen LogP contribution in [0.4, 0.5) is 0 Å². The zero-order valence-corrected chi connectivity index (χ0v) is 11.6. The van der Waals surface area contributed by atoms with Crippen molar-refractivity contribution in [2.24, 2.45) is 0 Å². The molecule has 2 aliphatic rings. The van der Waals surface area contributed by atoms with Gasteiger partial charge in [-0.3, -0.25) is 9.69 Å². The Morgan fingerprint density at radius 1 is 1.39 bits per heavy atom. The number of thiazole rings is 1. The molecule has 0 saturated carbocycles. The van der Waals surface area contributed by atoms with Gasteiger partial charge in [0.05, 0.1) is 5.51 Å². The molecule has 0 aliphatic carbocycles. The van der Waals surface area contributed by atoms with E-state index < -0.39 is 0 Å². The van der Waals surface area contributed by atoms with E-state index in [9.17, 15) is 4.79 Å². The third-order valence-corrected chi connectivity index (χ3v) is 5.03. The lowest BCUT2D eigenvalue weighted by molar-refractivity contribution is 0.0408. The van der Waals surface area contributed by atoms with E-state index in [2.05, 4.69) is 16.9 Å². The zero-order valence-electron chi connectivity index (χ0n) is 10.8. The van der Waals surface area contributed by atoms with Gasteiger partial charge in [-0.05, 0) is 39.3 Å². The van der Waals surface area contributed by atoms with Crippen LogP contribution in [0.1, 0.15) is 36.2 Å². The fourth-order valence-electron chi connectivity index (χ4n) is 3.35. The van der Waals surface area contributed by atoms with E-state index in [0.717, 1.165) is 19.5 Å². The molecule has 3 rings (SSSR count). The van der Waals surface area contributed by atoms with Gasteiger partial charge in [0.1, 0.15) is 5.69 Å². The fourth-order valence-corrected chi connectivity index (χ4v) is 3.88. The third-order valence-electron chi connectivity index (χ3n) is 4.44. The van der Waals surface area contributed by atoms with Crippen molar-refractivity contribution in [2.75, 3.05) is 26.7 Å². The number of aromatic nitrogens is 1. The predicted octanol–water partition coefficient (Wildman–Crippen LogP) is 1.84. The van der Waals surface area contributed by atoms with E-state index in [-0.39, 0.29) is 11.4 Å². The smallest absolute Gasteiger partial charge is 0.273 e. The second-order valence-corrected chi connectivity index (χ2v) is 6.17. The van der Waals surface area contributed by atoms with Crippen LogP contribution in [0.2, 0.25) is 0 Å². The van der Waals surface area contributed by atoms with E-state index in [1.54, 1.807) is 5.51 Å². The molecule has 5 heteroatoms. The number of likely N-dealkylation sites (tertiary alicyclic amines) is 2. The second kappa shape index (κ2) is 4.63. The number of amides is 1. The highest BCUT2D eigenvalue weighted by atomic mass is 32.1. The van der Waals surface area contributed by atoms with Crippen molar-refractivity contribution in [3.8, 4) is 0 Å². The van der Waals surface area contributed by atoms with Gasteiger partial charge in [-0.15, -0.1) is 11.3 Å². The molecule has 0 radical (unpaired) electrons. The summed E-state index contributed by atoms with van der Waals surface area (Å²) in [6.45, 7) is 2.92. The van der Waals surface area contributed by atoms with Crippen LogP contribution >= 0.6 is 11.3 Å². The molecule has 1 atom stereocenters. The molecule has 3 heterocycles. The van der Waals surface area contributed by atoms with Crippen LogP contribution < -0.4 is 0 Å². The summed E-state index contributed by atoms with van der Waals surface area (Å²) >= 11 is 1.49. The number of piperidine rings is 1. The third kappa shape index (κ3) is 1.95. The Kier molecular flexibility index (Phi) is 3.11. The number of hydrogen-bond donors (Lipinski definition) is 0. The van der Waals surface area contributed by atoms with Gasteiger partial charge in [-0.1, -0.05) is 0 Å². The maximum atomic E-state index is 12.4. The maximum absolute atomic E-state index is 12.4. The number of hydrogen-bond acceptors (Lipinski definition) is 4. The van der Waals surface area contributed by atoms with Crippen molar-refractivity contribution >= 4 is 17.2 Å². The SMILES string of the molecule is CN1CCCC12CCCN(C(=O)c1cscn1)C2. The van der Waals surface area contributed by atoms with Crippen LogP contribution in [0.3, 0.4) is 0 Å². The van der Waals surface area contributed by atoms with Crippen LogP contribution in [-0.4, -0.2) is 52.9 Å². The maximum Gasteiger partial charge on any atom is 0.273 e. The molecule has 2 aliphatic heterocycles. The summed E-state index contributed by atoms with van der Waals surface area (Å²) in [5.74, 6) is 0.107. The van der Waals surface area contributed by atoms with Gasteiger partial charge in [0.15, 0.2) is 0 Å². The van der Waals surface area contributed by atoms with Crippen molar-refractivity contribution in [1.29, 1.82) is 0 Å². The van der Waals surface area contributed by atoms with Gasteiger partial charge in [0.25, 0.3) is 5.91 Å². The Morgan fingerprint density at radius 3 is 2.83 bits per heavy atom. The van der Waals surface area contributed by atoms with Crippen molar-refractivity contribution in [3.05, 3.63) is 16.6 Å². The quantitative estimate of drug-likeness (QED) is 0.777. The Morgan fingerprint density at radius 2 is 2.17 bits per heavy atom. The van der Waals surface area contributed by atoms with E-state index in [0.29, 0.717) is 5.69 Å². The summed E-state index contributed by atoms with van der Waals surface area (Å²) in [7, 11) is 2.20. The van der Waals surface area contributed by atoms with Crippen LogP contribution in [0.15, 0.2) is 10.9 Å². The molecule has 4 nitrogen and oxygen atoms in total. The van der Waals surface area contributed by atoms with Crippen molar-refractivity contribution in [2.45, 2.75) is 31.2 Å². The van der Waals surface area contributed by atoms with E-state index in [1.165, 1.54) is 37.1 Å². The largest absolute Gasteiger partial charge is 0.335 e. The van der Waals surface area contributed by atoms with Crippen molar-refractivity contribution < 1.29 is 4.79 Å². The highest BCUT2D eigenvalue weighted by Gasteiger charge is 2.43. The number of carbonyl (C=O) groups excluding carboxylic acids is 1. The van der Waals surface area contributed by atoms with E-state index in [4.69, 9.17) is 0 Å². The average Bonchev–Trinajstić information content (AvgIpc) is 3.01. The van der Waals surface area contributed by atoms with Crippen LogP contribution in [0, 0.1) is 0 Å². The van der Waals surface area contributed by atoms with E-state index >= 15 is 0 Å². The summed E-state index contributed by atoms with van der Waals surface area (Å²) in [6, 6.07) is 0. The van der Waals surface area contributed by atoms with Gasteiger partial charge < -0.3 is 4.90 Å². The topological polar surface area (TPSA) is 36.4 Å². The van der Waals surface area contributed by atoms with Gasteiger partial charge in [0, 0.05) is 24.0 Å². The molecule has 0 N–H and O–H groups in total. The first-order valence-corrected chi connectivity index (χ1v) is 7.54. The highest BCUT2D eigenvalue weighted by Crippen LogP contribution is 2.36. The molecule has 1 aromatic heterocycles. The Bertz CT molecular complexity index is 433. The van der Waals surface area contributed by atoms with Crippen LogP contribution in [0.5, 0.6) is 0 Å². The molecule has 0 bridgehead atoms. The van der Waals surface area contributed by atoms with Crippen LogP contribution in [-0.2, 0) is 0 Å². The monoisotopic (exact) mass is 265 g/mol. The molecule has 2 saturated heterocycles. The summed E-state index contributed by atoms with van der Waals surface area (Å²) < 4.78 is 0. The molecule has 18 heavy (non-hydrogen) atoms. The standard InChI is InChI=1S/C13H19N3OS/c1-15-6-2-4-13(15)5-3-7-16(9-13)12(17)11-8-18-10-14-11/h8,10H,2-7,9H2,1H3. The van der Waals surface area contributed by atoms with Gasteiger partial charge in [-0.25, -0.2) is 4.98 Å². The Balaban J connectivity index is 1.76. The first kappa shape index (κ1) is 12.1. The number of carbonyl (C=O) groups is 1. The normalized spacial score (nSPS) is 29.1. The lowest BCUT2D eigenvalue weighted by Gasteiger charge is -2.44. The number of likely N-dealkylation sites (N-methyl/N-ethyl adjacent to an activating group) is 1. The minimum atomic E-state index is 0.107. The lowest BCUT2D eigenvalue weighted by atomic mass is 9.86. The van der Waals surface area contributed by atoms with E-state index in [1.807, 2.05) is 10.3 Å². The molecule has 0 aromatic carbocycles. The van der Waals surface area contributed by atoms with Crippen LogP contribution in [0.25, 0.3) is 0 Å². The predicted molar refractivity (Wildman–Crippen MR) is 71.8 cm³/mol. The zero-order chi connectivity index (χ0) is 12.6. The Hall–Kier alpha value is -0.940. The highest BCUT2D eigenvalue weighted by molar-refractivity contribution is 7.07. The minimum absolute atomic E-state index is 0.107. The number of rotatable bonds is 1. The molecular weight excluding hydrogens is 246 g/mol. The van der Waals surface area contributed by atoms with Crippen molar-refractivity contribution in [3.63, 3.8) is 0 Å². The molecule has 1 spiro atoms. The first-order chi connectivity index (χ1) is 8.71. The number of nitrogens with zero attached hydrogens (tertiary/aromatic N) is 3. The van der Waals surface area contributed by atoms with Crippen molar-refractivity contribution in [1.82, 2.24) is 14.8 Å². The minimum Gasteiger partial charge on any atom is -0.335 e. The molecule has 98 valence electrons. The van der Waals surface area contributed by atoms with Gasteiger partial charge in [-0.2, -0.15) is 0 Å². The second-order valence-electron chi connectivity index (χ2n) is 5.45. The molecular formula is C13H19N3OS. The fraction of sp³-hybridized carbons (Fsp3) is 0.692. The summed E-state index contributed by atoms with van der Waals surface area (Å²) in [6.07, 6.45) is 4.82. The summed E-state index contributed by atoms with van der Waals surface area (Å²) in [5.41, 5.74) is 2.58. The molecule has 2 fully saturated rings. The van der Waals surface area contributed by atoms with Gasteiger partial charge in [0.2, 0.25) is 0 Å². The average molecular weight is 265 g/mol. The van der Waals surface area contributed by atoms with Gasteiger partial charge >= 0.3 is 0 Å². The summed E-state index contributed by atoms with van der Waals surface area (Å²) in [5, 5.41) is 1.85. The summed E-state index contributed by atoms with van der Waals surface area (Å²) in [4.78, 5) is 21.0.